The van der Waals surface area contributed by atoms with Gasteiger partial charge in [-0.1, -0.05) is 19.8 Å². The quantitative estimate of drug-likeness (QED) is 0.832. The number of hydrogen-bond donors (Lipinski definition) is 1. The van der Waals surface area contributed by atoms with Crippen molar-refractivity contribution >= 4 is 5.97 Å². The number of fused-ring (bicyclic) bond motifs is 1. The molecule has 1 aromatic heterocycles. The number of hydrogen-bond acceptors (Lipinski definition) is 3. The van der Waals surface area contributed by atoms with Crippen LogP contribution >= 0.6 is 0 Å². The van der Waals surface area contributed by atoms with Gasteiger partial charge in [0.2, 0.25) is 0 Å². The van der Waals surface area contributed by atoms with Crippen LogP contribution in [0.5, 0.6) is 0 Å². The molecule has 1 unspecified atom stereocenters. The van der Waals surface area contributed by atoms with Crippen LogP contribution in [-0.2, 0) is 17.6 Å². The van der Waals surface area contributed by atoms with Crippen LogP contribution in [0, 0.1) is 0 Å². The fourth-order valence-corrected chi connectivity index (χ4v) is 2.69. The summed E-state index contributed by atoms with van der Waals surface area (Å²) in [5.41, 5.74) is 2.94. The molecule has 1 heterocycles. The van der Waals surface area contributed by atoms with E-state index >= 15 is 0 Å². The van der Waals surface area contributed by atoms with Crippen LogP contribution in [-0.4, -0.2) is 21.0 Å². The molecular formula is C14H20N2O2. The molecule has 0 fully saturated rings. The molecule has 0 bridgehead atoms. The third-order valence-corrected chi connectivity index (χ3v) is 3.61. The van der Waals surface area contributed by atoms with Crippen molar-refractivity contribution in [1.29, 1.82) is 0 Å². The number of aryl methyl sites for hydroxylation is 1. The van der Waals surface area contributed by atoms with E-state index in [0.717, 1.165) is 49.1 Å². The lowest BCUT2D eigenvalue weighted by Crippen LogP contribution is -2.17. The molecule has 0 saturated carbocycles. The highest BCUT2D eigenvalue weighted by Crippen LogP contribution is 2.28. The maximum atomic E-state index is 11.4. The predicted molar refractivity (Wildman–Crippen MR) is 68.6 cm³/mol. The summed E-state index contributed by atoms with van der Waals surface area (Å²) in [6.07, 6.45) is 8.39. The molecule has 0 spiro atoms. The highest BCUT2D eigenvalue weighted by atomic mass is 16.4. The molecular weight excluding hydrogens is 228 g/mol. The second-order valence-electron chi connectivity index (χ2n) is 4.92. The summed E-state index contributed by atoms with van der Waals surface area (Å²) in [5.74, 6) is -1.23. The lowest BCUT2D eigenvalue weighted by atomic mass is 9.93. The van der Waals surface area contributed by atoms with Gasteiger partial charge < -0.3 is 5.11 Å². The Bertz CT molecular complexity index is 432. The van der Waals surface area contributed by atoms with Gasteiger partial charge >= 0.3 is 5.97 Å². The van der Waals surface area contributed by atoms with Gasteiger partial charge in [0.1, 0.15) is 6.33 Å². The zero-order valence-electron chi connectivity index (χ0n) is 10.9. The van der Waals surface area contributed by atoms with E-state index < -0.39 is 11.9 Å². The average molecular weight is 248 g/mol. The highest BCUT2D eigenvalue weighted by molar-refractivity contribution is 5.76. The normalized spacial score (nSPS) is 16.7. The first-order valence-electron chi connectivity index (χ1n) is 6.79. The van der Waals surface area contributed by atoms with Crippen molar-refractivity contribution < 1.29 is 9.90 Å². The SMILES string of the molecule is CCCC(C(=O)O)c1ncnc2c1CCCCC2. The maximum Gasteiger partial charge on any atom is 0.312 e. The van der Waals surface area contributed by atoms with Crippen LogP contribution in [0.2, 0.25) is 0 Å². The zero-order chi connectivity index (χ0) is 13.0. The minimum absolute atomic E-state index is 0.468. The average Bonchev–Trinajstić information content (AvgIpc) is 2.60. The molecule has 4 nitrogen and oxygen atoms in total. The van der Waals surface area contributed by atoms with E-state index in [4.69, 9.17) is 0 Å². The van der Waals surface area contributed by atoms with Crippen LogP contribution in [0.15, 0.2) is 6.33 Å². The van der Waals surface area contributed by atoms with Gasteiger partial charge in [-0.3, -0.25) is 4.79 Å². The van der Waals surface area contributed by atoms with E-state index in [1.54, 1.807) is 0 Å². The van der Waals surface area contributed by atoms with Gasteiger partial charge in [-0.05, 0) is 37.7 Å². The predicted octanol–water partition coefficient (Wildman–Crippen LogP) is 2.71. The Labute approximate surface area is 107 Å². The number of nitrogens with zero attached hydrogens (tertiary/aromatic N) is 2. The monoisotopic (exact) mass is 248 g/mol. The molecule has 98 valence electrons. The molecule has 1 aliphatic carbocycles. The van der Waals surface area contributed by atoms with Crippen molar-refractivity contribution in [3.05, 3.63) is 23.3 Å². The lowest BCUT2D eigenvalue weighted by Gasteiger charge is -2.16. The van der Waals surface area contributed by atoms with Crippen molar-refractivity contribution in [2.75, 3.05) is 0 Å². The Morgan fingerprint density at radius 3 is 2.83 bits per heavy atom. The molecule has 0 amide bonds. The number of aliphatic carboxylic acids is 1. The fourth-order valence-electron chi connectivity index (χ4n) is 2.69. The van der Waals surface area contributed by atoms with Gasteiger partial charge in [-0.2, -0.15) is 0 Å². The minimum Gasteiger partial charge on any atom is -0.481 e. The van der Waals surface area contributed by atoms with Crippen LogP contribution in [0.25, 0.3) is 0 Å². The highest BCUT2D eigenvalue weighted by Gasteiger charge is 2.25. The van der Waals surface area contributed by atoms with Crippen molar-refractivity contribution in [1.82, 2.24) is 9.97 Å². The second-order valence-corrected chi connectivity index (χ2v) is 4.92. The molecule has 1 atom stereocenters. The first-order chi connectivity index (χ1) is 8.74. The number of carbonyl (C=O) groups is 1. The van der Waals surface area contributed by atoms with Crippen molar-refractivity contribution in [3.63, 3.8) is 0 Å². The first-order valence-corrected chi connectivity index (χ1v) is 6.79. The van der Waals surface area contributed by atoms with E-state index in [1.807, 2.05) is 6.92 Å². The van der Waals surface area contributed by atoms with Crippen molar-refractivity contribution in [2.24, 2.45) is 0 Å². The molecule has 0 aliphatic heterocycles. The Morgan fingerprint density at radius 2 is 2.11 bits per heavy atom. The Hall–Kier alpha value is -1.45. The molecule has 4 heteroatoms. The van der Waals surface area contributed by atoms with Crippen molar-refractivity contribution in [3.8, 4) is 0 Å². The Morgan fingerprint density at radius 1 is 1.33 bits per heavy atom. The summed E-state index contributed by atoms with van der Waals surface area (Å²) in [5, 5.41) is 9.37. The standard InChI is InChI=1S/C14H20N2O2/c1-2-6-11(14(17)18)13-10-7-4-3-5-8-12(10)15-9-16-13/h9,11H,2-8H2,1H3,(H,17,18). The maximum absolute atomic E-state index is 11.4. The van der Waals surface area contributed by atoms with Crippen molar-refractivity contribution in [2.45, 2.75) is 57.8 Å². The van der Waals surface area contributed by atoms with E-state index in [0.29, 0.717) is 6.42 Å². The lowest BCUT2D eigenvalue weighted by molar-refractivity contribution is -0.139. The van der Waals surface area contributed by atoms with Gasteiger partial charge in [-0.25, -0.2) is 9.97 Å². The van der Waals surface area contributed by atoms with Gasteiger partial charge in [0.05, 0.1) is 11.6 Å². The summed E-state index contributed by atoms with van der Waals surface area (Å²) in [4.78, 5) is 20.0. The Balaban J connectivity index is 2.39. The zero-order valence-corrected chi connectivity index (χ0v) is 10.9. The van der Waals surface area contributed by atoms with Crippen LogP contribution in [0.3, 0.4) is 0 Å². The number of carboxylic acid groups (broad SMARTS) is 1. The first kappa shape index (κ1) is 13.0. The van der Waals surface area contributed by atoms with Crippen LogP contribution in [0.4, 0.5) is 0 Å². The van der Waals surface area contributed by atoms with Gasteiger partial charge in [0.15, 0.2) is 0 Å². The molecule has 0 saturated heterocycles. The summed E-state index contributed by atoms with van der Waals surface area (Å²) in [7, 11) is 0. The molecule has 2 rings (SSSR count). The van der Waals surface area contributed by atoms with E-state index in [-0.39, 0.29) is 0 Å². The summed E-state index contributed by atoms with van der Waals surface area (Å²) in [6, 6.07) is 0. The van der Waals surface area contributed by atoms with Gasteiger partial charge in [0.25, 0.3) is 0 Å². The second kappa shape index (κ2) is 5.94. The number of rotatable bonds is 4. The summed E-state index contributed by atoms with van der Waals surface area (Å²) >= 11 is 0. The van der Waals surface area contributed by atoms with E-state index in [2.05, 4.69) is 9.97 Å². The van der Waals surface area contributed by atoms with Gasteiger partial charge in [-0.15, -0.1) is 0 Å². The van der Waals surface area contributed by atoms with Gasteiger partial charge in [0, 0.05) is 5.69 Å². The molecule has 1 aromatic rings. The van der Waals surface area contributed by atoms with Crippen LogP contribution in [0.1, 0.15) is 61.9 Å². The number of aromatic nitrogens is 2. The third-order valence-electron chi connectivity index (χ3n) is 3.61. The summed E-state index contributed by atoms with van der Waals surface area (Å²) in [6.45, 7) is 2.01. The topological polar surface area (TPSA) is 63.1 Å². The van der Waals surface area contributed by atoms with Crippen LogP contribution < -0.4 is 0 Å². The number of carboxylic acids is 1. The van der Waals surface area contributed by atoms with E-state index in [1.165, 1.54) is 12.7 Å². The fraction of sp³-hybridized carbons (Fsp3) is 0.643. The smallest absolute Gasteiger partial charge is 0.312 e. The largest absolute Gasteiger partial charge is 0.481 e. The molecule has 1 aliphatic rings. The Kier molecular flexibility index (Phi) is 4.28. The molecule has 0 radical (unpaired) electrons. The molecule has 0 aromatic carbocycles. The molecule has 1 N–H and O–H groups in total. The third kappa shape index (κ3) is 2.68. The minimum atomic E-state index is -0.762. The summed E-state index contributed by atoms with van der Waals surface area (Å²) < 4.78 is 0. The molecule has 18 heavy (non-hydrogen) atoms. The van der Waals surface area contributed by atoms with E-state index in [9.17, 15) is 9.90 Å².